The van der Waals surface area contributed by atoms with E-state index in [1.165, 1.54) is 7.11 Å². The molecule has 0 bridgehead atoms. The number of carboxylic acids is 1. The number of carbonyl (C=O) groups excluding carboxylic acids is 1. The van der Waals surface area contributed by atoms with Crippen LogP contribution in [0.5, 0.6) is 5.75 Å². The number of aliphatic carboxylic acids is 1. The second kappa shape index (κ2) is 7.88. The van der Waals surface area contributed by atoms with Crippen LogP contribution in [0.3, 0.4) is 0 Å². The van der Waals surface area contributed by atoms with Gasteiger partial charge in [-0.25, -0.2) is 9.59 Å². The van der Waals surface area contributed by atoms with Gasteiger partial charge in [-0.3, -0.25) is 0 Å². The molecule has 0 saturated carbocycles. The molecule has 0 saturated heterocycles. The first kappa shape index (κ1) is 18.6. The summed E-state index contributed by atoms with van der Waals surface area (Å²) in [5.41, 5.74) is 2.43. The Kier molecular flexibility index (Phi) is 5.85. The Hall–Kier alpha value is -2.76. The molecule has 1 unspecified atom stereocenters. The normalized spacial score (nSPS) is 17.2. The molecule has 0 aromatic heterocycles. The Morgan fingerprint density at radius 2 is 1.80 bits per heavy atom. The summed E-state index contributed by atoms with van der Waals surface area (Å²) in [4.78, 5) is 24.4. The third-order valence-corrected chi connectivity index (χ3v) is 4.23. The SMILES string of the molecule is CCCC1=C(C(=O)O)C(c2ccc(OC)cc2)C(C(=O)OC)=C(C)N1. The van der Waals surface area contributed by atoms with Crippen LogP contribution in [0, 0.1) is 0 Å². The molecule has 0 spiro atoms. The van der Waals surface area contributed by atoms with Crippen LogP contribution in [0.15, 0.2) is 46.8 Å². The van der Waals surface area contributed by atoms with Crippen LogP contribution in [-0.4, -0.2) is 31.3 Å². The monoisotopic (exact) mass is 345 g/mol. The van der Waals surface area contributed by atoms with E-state index in [1.807, 2.05) is 6.92 Å². The van der Waals surface area contributed by atoms with Gasteiger partial charge in [-0.1, -0.05) is 25.5 Å². The smallest absolute Gasteiger partial charge is 0.336 e. The fraction of sp³-hybridized carbons (Fsp3) is 0.368. The van der Waals surface area contributed by atoms with Gasteiger partial charge in [0.05, 0.1) is 31.3 Å². The Labute approximate surface area is 147 Å². The third kappa shape index (κ3) is 3.68. The summed E-state index contributed by atoms with van der Waals surface area (Å²) in [5.74, 6) is -1.63. The van der Waals surface area contributed by atoms with Gasteiger partial charge in [0.25, 0.3) is 0 Å². The van der Waals surface area contributed by atoms with Crippen LogP contribution in [0.2, 0.25) is 0 Å². The summed E-state index contributed by atoms with van der Waals surface area (Å²) in [6.45, 7) is 3.74. The molecule has 2 rings (SSSR count). The van der Waals surface area contributed by atoms with E-state index in [9.17, 15) is 14.7 Å². The highest BCUT2D eigenvalue weighted by molar-refractivity contribution is 5.99. The number of benzene rings is 1. The van der Waals surface area contributed by atoms with Crippen molar-refractivity contribution in [1.29, 1.82) is 0 Å². The zero-order valence-electron chi connectivity index (χ0n) is 14.9. The molecule has 1 heterocycles. The van der Waals surface area contributed by atoms with Gasteiger partial charge in [-0.05, 0) is 31.0 Å². The van der Waals surface area contributed by atoms with Gasteiger partial charge in [0.15, 0.2) is 0 Å². The molecule has 0 amide bonds. The van der Waals surface area contributed by atoms with E-state index in [0.717, 1.165) is 6.42 Å². The Balaban J connectivity index is 2.66. The van der Waals surface area contributed by atoms with Crippen LogP contribution in [-0.2, 0) is 14.3 Å². The number of methoxy groups -OCH3 is 2. The van der Waals surface area contributed by atoms with E-state index in [2.05, 4.69) is 5.32 Å². The van der Waals surface area contributed by atoms with Gasteiger partial charge in [-0.15, -0.1) is 0 Å². The number of rotatable bonds is 6. The molecule has 0 aliphatic carbocycles. The lowest BCUT2D eigenvalue weighted by atomic mass is 9.79. The maximum atomic E-state index is 12.4. The minimum atomic E-state index is -1.05. The first-order valence-corrected chi connectivity index (χ1v) is 8.10. The van der Waals surface area contributed by atoms with Crippen molar-refractivity contribution in [2.45, 2.75) is 32.6 Å². The summed E-state index contributed by atoms with van der Waals surface area (Å²) in [5, 5.41) is 12.9. The van der Waals surface area contributed by atoms with Crippen LogP contribution in [0.25, 0.3) is 0 Å². The van der Waals surface area contributed by atoms with Crippen molar-refractivity contribution < 1.29 is 24.2 Å². The number of nitrogens with one attached hydrogen (secondary N) is 1. The van der Waals surface area contributed by atoms with Crippen molar-refractivity contribution in [3.8, 4) is 5.75 Å². The average Bonchev–Trinajstić information content (AvgIpc) is 2.60. The van der Waals surface area contributed by atoms with Crippen molar-refractivity contribution in [3.05, 3.63) is 52.4 Å². The van der Waals surface area contributed by atoms with E-state index in [1.54, 1.807) is 38.3 Å². The molecule has 6 heteroatoms. The lowest BCUT2D eigenvalue weighted by Gasteiger charge is -2.30. The number of carbonyl (C=O) groups is 2. The highest BCUT2D eigenvalue weighted by atomic mass is 16.5. The minimum absolute atomic E-state index is 0.179. The number of allylic oxidation sites excluding steroid dienone is 2. The summed E-state index contributed by atoms with van der Waals surface area (Å²) in [6.07, 6.45) is 1.37. The van der Waals surface area contributed by atoms with Crippen molar-refractivity contribution in [2.75, 3.05) is 14.2 Å². The van der Waals surface area contributed by atoms with E-state index in [-0.39, 0.29) is 5.57 Å². The zero-order valence-corrected chi connectivity index (χ0v) is 14.9. The van der Waals surface area contributed by atoms with Gasteiger partial charge in [-0.2, -0.15) is 0 Å². The number of esters is 1. The molecule has 134 valence electrons. The molecule has 25 heavy (non-hydrogen) atoms. The van der Waals surface area contributed by atoms with Crippen LogP contribution in [0.4, 0.5) is 0 Å². The van der Waals surface area contributed by atoms with E-state index < -0.39 is 17.9 Å². The number of dihydropyridines is 1. The van der Waals surface area contributed by atoms with Gasteiger partial charge < -0.3 is 19.9 Å². The largest absolute Gasteiger partial charge is 0.497 e. The second-order valence-corrected chi connectivity index (χ2v) is 5.81. The van der Waals surface area contributed by atoms with Crippen molar-refractivity contribution in [2.24, 2.45) is 0 Å². The molecule has 6 nitrogen and oxygen atoms in total. The quantitative estimate of drug-likeness (QED) is 0.771. The van der Waals surface area contributed by atoms with Gasteiger partial charge in [0, 0.05) is 11.4 Å². The van der Waals surface area contributed by atoms with E-state index >= 15 is 0 Å². The number of hydrogen-bond donors (Lipinski definition) is 2. The fourth-order valence-corrected chi connectivity index (χ4v) is 3.11. The van der Waals surface area contributed by atoms with Crippen LogP contribution in [0.1, 0.15) is 38.2 Å². The number of ether oxygens (including phenoxy) is 2. The van der Waals surface area contributed by atoms with Gasteiger partial charge >= 0.3 is 11.9 Å². The molecule has 0 fully saturated rings. The Morgan fingerprint density at radius 1 is 1.16 bits per heavy atom. The average molecular weight is 345 g/mol. The Bertz CT molecular complexity index is 731. The van der Waals surface area contributed by atoms with Gasteiger partial charge in [0.1, 0.15) is 5.75 Å². The molecule has 1 aromatic carbocycles. The van der Waals surface area contributed by atoms with Crippen molar-refractivity contribution in [1.82, 2.24) is 5.32 Å². The van der Waals surface area contributed by atoms with Crippen LogP contribution < -0.4 is 10.1 Å². The summed E-state index contributed by atoms with van der Waals surface area (Å²) >= 11 is 0. The summed E-state index contributed by atoms with van der Waals surface area (Å²) < 4.78 is 10.1. The third-order valence-electron chi connectivity index (χ3n) is 4.23. The molecular weight excluding hydrogens is 322 g/mol. The Morgan fingerprint density at radius 3 is 2.28 bits per heavy atom. The molecule has 2 N–H and O–H groups in total. The van der Waals surface area contributed by atoms with E-state index in [0.29, 0.717) is 34.7 Å². The first-order valence-electron chi connectivity index (χ1n) is 8.10. The minimum Gasteiger partial charge on any atom is -0.497 e. The van der Waals surface area contributed by atoms with Crippen LogP contribution >= 0.6 is 0 Å². The summed E-state index contributed by atoms with van der Waals surface area (Å²) in [6, 6.07) is 7.05. The zero-order chi connectivity index (χ0) is 18.6. The highest BCUT2D eigenvalue weighted by Gasteiger charge is 2.37. The first-order chi connectivity index (χ1) is 11.9. The predicted molar refractivity (Wildman–Crippen MR) is 93.2 cm³/mol. The number of carboxylic acid groups (broad SMARTS) is 1. The summed E-state index contributed by atoms with van der Waals surface area (Å²) in [7, 11) is 2.85. The number of hydrogen-bond acceptors (Lipinski definition) is 5. The highest BCUT2D eigenvalue weighted by Crippen LogP contribution is 2.40. The van der Waals surface area contributed by atoms with E-state index in [4.69, 9.17) is 9.47 Å². The molecule has 0 radical (unpaired) electrons. The van der Waals surface area contributed by atoms with Crippen molar-refractivity contribution in [3.63, 3.8) is 0 Å². The molecule has 1 atom stereocenters. The standard InChI is InChI=1S/C19H23NO5/c1-5-6-14-17(18(21)22)16(12-7-9-13(24-3)10-8-12)15(11(2)20-14)19(23)25-4/h7-10,16,20H,5-6H2,1-4H3,(H,21,22). The molecule has 1 aromatic rings. The lowest BCUT2D eigenvalue weighted by Crippen LogP contribution is -2.32. The van der Waals surface area contributed by atoms with Crippen molar-refractivity contribution >= 4 is 11.9 Å². The maximum Gasteiger partial charge on any atom is 0.336 e. The van der Waals surface area contributed by atoms with Gasteiger partial charge in [0.2, 0.25) is 0 Å². The molecular formula is C19H23NO5. The fourth-order valence-electron chi connectivity index (χ4n) is 3.11. The molecule has 1 aliphatic rings. The molecule has 1 aliphatic heterocycles. The second-order valence-electron chi connectivity index (χ2n) is 5.81. The topological polar surface area (TPSA) is 84.9 Å². The lowest BCUT2D eigenvalue weighted by molar-refractivity contribution is -0.136. The maximum absolute atomic E-state index is 12.4. The predicted octanol–water partition coefficient (Wildman–Crippen LogP) is 2.97.